The van der Waals surface area contributed by atoms with Crippen molar-refractivity contribution in [2.45, 2.75) is 24.9 Å². The molecular weight excluding hydrogens is 741 g/mol. The third-order valence-corrected chi connectivity index (χ3v) is 20.1. The van der Waals surface area contributed by atoms with Crippen molar-refractivity contribution in [3.05, 3.63) is 0 Å². The van der Waals surface area contributed by atoms with E-state index in [0.29, 0.717) is 25.2 Å². The summed E-state index contributed by atoms with van der Waals surface area (Å²) in [5.74, 6) is 0. The Kier molecular flexibility index (Phi) is 26.9. The van der Waals surface area contributed by atoms with E-state index in [1.165, 1.54) is 68.2 Å². The summed E-state index contributed by atoms with van der Waals surface area (Å²) in [6, 6.07) is 1.32. The van der Waals surface area contributed by atoms with Crippen LogP contribution in [0, 0.1) is 0 Å². The lowest BCUT2D eigenvalue weighted by molar-refractivity contribution is 0.122. The molecule has 0 spiro atoms. The van der Waals surface area contributed by atoms with Crippen LogP contribution in [0.4, 0.5) is 9.59 Å². The van der Waals surface area contributed by atoms with Crippen LogP contribution in [-0.4, -0.2) is 128 Å². The lowest BCUT2D eigenvalue weighted by Crippen LogP contribution is -2.43. The molecule has 42 heavy (non-hydrogen) atoms. The van der Waals surface area contributed by atoms with Crippen molar-refractivity contribution in [1.82, 2.24) is 25.5 Å². The molecule has 0 saturated heterocycles. The van der Waals surface area contributed by atoms with Crippen LogP contribution in [0.2, 0.25) is 12.1 Å². The van der Waals surface area contributed by atoms with Gasteiger partial charge in [0.2, 0.25) is 0 Å². The van der Waals surface area contributed by atoms with Gasteiger partial charge in [0.25, 0.3) is 0 Å². The Labute approximate surface area is 286 Å². The molecule has 0 fully saturated rings. The number of carbonyl (C=O) groups excluding carboxylic acids is 2. The molecule has 2 N–H and O–H groups in total. The Morgan fingerprint density at radius 1 is 0.619 bits per heavy atom. The van der Waals surface area contributed by atoms with Gasteiger partial charge < -0.3 is 26.6 Å². The van der Waals surface area contributed by atoms with Crippen LogP contribution < -0.4 is 9.44 Å². The molecule has 0 aliphatic carbocycles. The first-order chi connectivity index (χ1) is 20.0. The maximum Gasteiger partial charge on any atom is 0.500 e. The van der Waals surface area contributed by atoms with Crippen molar-refractivity contribution in [3.8, 4) is 0 Å². The van der Waals surface area contributed by atoms with E-state index in [9.17, 15) is 9.59 Å². The normalized spacial score (nSPS) is 12.4. The third-order valence-electron chi connectivity index (χ3n) is 5.09. The van der Waals surface area contributed by atoms with Crippen molar-refractivity contribution >= 4 is 118 Å². The first-order valence-electron chi connectivity index (χ1n) is 12.2. The van der Waals surface area contributed by atoms with E-state index < -0.39 is 17.6 Å². The Hall–Kier alpha value is 1.77. The summed E-state index contributed by atoms with van der Waals surface area (Å²) in [5.41, 5.74) is 0. The molecule has 0 aliphatic rings. The highest BCUT2D eigenvalue weighted by atomic mass is 33.7. The summed E-state index contributed by atoms with van der Waals surface area (Å²) < 4.78 is 45.7. The molecule has 0 aliphatic heterocycles. The molecule has 14 nitrogen and oxygen atoms in total. The second-order valence-electron chi connectivity index (χ2n) is 7.60. The van der Waals surface area contributed by atoms with Gasteiger partial charge in [0.15, 0.2) is 0 Å². The van der Waals surface area contributed by atoms with Gasteiger partial charge in [-0.05, 0) is 60.7 Å². The van der Waals surface area contributed by atoms with Crippen molar-refractivity contribution in [3.63, 3.8) is 0 Å². The molecule has 24 heteroatoms. The van der Waals surface area contributed by atoms with Gasteiger partial charge in [0.1, 0.15) is 0 Å². The summed E-state index contributed by atoms with van der Waals surface area (Å²) in [6.45, 7) is 1.39. The fourth-order valence-electron chi connectivity index (χ4n) is 2.97. The molecule has 250 valence electrons. The molecule has 0 radical (unpaired) electrons. The lowest BCUT2D eigenvalue weighted by Gasteiger charge is -2.26. The van der Waals surface area contributed by atoms with Gasteiger partial charge in [0.05, 0.1) is 48.5 Å². The summed E-state index contributed by atoms with van der Waals surface area (Å²) >= 11 is 4.94. The molecule has 0 rings (SSSR count). The van der Waals surface area contributed by atoms with Crippen molar-refractivity contribution in [2.75, 3.05) is 83.9 Å². The summed E-state index contributed by atoms with van der Waals surface area (Å²) in [6.07, 6.45) is 1.55. The number of rotatable bonds is 25. The topological polar surface area (TPSA) is 127 Å². The number of hydrogen-bond acceptors (Lipinski definition) is 20. The number of hydrogen-bond donors (Lipinski definition) is 2. The van der Waals surface area contributed by atoms with Crippen LogP contribution in [0.3, 0.4) is 0 Å². The molecule has 0 bridgehead atoms. The predicted octanol–water partition coefficient (Wildman–Crippen LogP) is 5.60. The van der Waals surface area contributed by atoms with E-state index in [1.54, 1.807) is 64.2 Å². The SMILES string of the molecule is CNSN(SN(C)CCC[Si](OC)(OC)OC)C(=O)SSSSC(=O)N(SNC)SN(C)CCC[Si](OC)(OC)OC. The zero-order valence-electron chi connectivity index (χ0n) is 25.6. The Bertz CT molecular complexity index is 671. The second kappa shape index (κ2) is 25.8. The van der Waals surface area contributed by atoms with Gasteiger partial charge in [-0.1, -0.05) is 0 Å². The highest BCUT2D eigenvalue weighted by Gasteiger charge is 2.38. The fraction of sp³-hybridized carbons (Fsp3) is 0.889. The average molecular weight is 785 g/mol. The molecule has 0 aromatic rings. The van der Waals surface area contributed by atoms with Crippen molar-refractivity contribution < 1.29 is 36.1 Å². The van der Waals surface area contributed by atoms with E-state index in [2.05, 4.69) is 9.44 Å². The molecule has 0 heterocycles. The number of nitrogens with one attached hydrogen (secondary N) is 2. The zero-order valence-corrected chi connectivity index (χ0v) is 34.1. The molecule has 0 aromatic heterocycles. The van der Waals surface area contributed by atoms with Gasteiger partial charge in [-0.25, -0.2) is 18.1 Å². The van der Waals surface area contributed by atoms with Gasteiger partial charge >= 0.3 is 28.1 Å². The maximum atomic E-state index is 12.8. The van der Waals surface area contributed by atoms with Gasteiger partial charge in [-0.2, -0.15) is 7.42 Å². The molecular formula is C18H44N6O8S8Si2. The number of amides is 2. The highest BCUT2D eigenvalue weighted by molar-refractivity contribution is 9.29. The van der Waals surface area contributed by atoms with E-state index >= 15 is 0 Å². The van der Waals surface area contributed by atoms with E-state index in [1.807, 2.05) is 22.7 Å². The van der Waals surface area contributed by atoms with Crippen molar-refractivity contribution in [2.24, 2.45) is 0 Å². The van der Waals surface area contributed by atoms with Gasteiger partial charge in [0, 0.05) is 89.4 Å². The van der Waals surface area contributed by atoms with Gasteiger partial charge in [-0.3, -0.25) is 9.59 Å². The van der Waals surface area contributed by atoms with Crippen LogP contribution in [0.15, 0.2) is 0 Å². The summed E-state index contributed by atoms with van der Waals surface area (Å²) in [5, 5.41) is -0.353. The Morgan fingerprint density at radius 2 is 0.929 bits per heavy atom. The maximum absolute atomic E-state index is 12.8. The smallest absolute Gasteiger partial charge is 0.377 e. The lowest BCUT2D eigenvalue weighted by atomic mass is 10.5. The minimum atomic E-state index is -2.63. The van der Waals surface area contributed by atoms with Crippen LogP contribution in [0.5, 0.6) is 0 Å². The largest absolute Gasteiger partial charge is 0.500 e. The molecule has 2 amide bonds. The first kappa shape index (κ1) is 43.8. The van der Waals surface area contributed by atoms with Crippen LogP contribution in [-0.2, 0) is 26.6 Å². The van der Waals surface area contributed by atoms with Gasteiger partial charge in [-0.15, -0.1) is 0 Å². The van der Waals surface area contributed by atoms with E-state index in [0.717, 1.165) is 34.4 Å². The van der Waals surface area contributed by atoms with Crippen LogP contribution >= 0.6 is 89.8 Å². The van der Waals surface area contributed by atoms with E-state index in [4.69, 9.17) is 26.6 Å². The minimum absolute atomic E-state index is 0.176. The summed E-state index contributed by atoms with van der Waals surface area (Å²) in [4.78, 5) is 25.7. The number of nitrogens with zero attached hydrogens (tertiary/aromatic N) is 4. The molecule has 0 unspecified atom stereocenters. The van der Waals surface area contributed by atoms with Crippen LogP contribution in [0.25, 0.3) is 0 Å². The first-order valence-corrected chi connectivity index (χ1v) is 23.9. The Morgan fingerprint density at radius 3 is 1.19 bits per heavy atom. The second-order valence-corrected chi connectivity index (χ2v) is 24.0. The quantitative estimate of drug-likeness (QED) is 0.0516. The van der Waals surface area contributed by atoms with Crippen LogP contribution in [0.1, 0.15) is 12.8 Å². The zero-order chi connectivity index (χ0) is 32.0. The Balaban J connectivity index is 4.64. The highest BCUT2D eigenvalue weighted by Crippen LogP contribution is 2.47. The van der Waals surface area contributed by atoms with Crippen molar-refractivity contribution in [1.29, 1.82) is 0 Å². The minimum Gasteiger partial charge on any atom is -0.377 e. The predicted molar refractivity (Wildman–Crippen MR) is 191 cm³/mol. The molecule has 0 atom stereocenters. The molecule has 0 aromatic carbocycles. The number of carbonyl (C=O) groups is 2. The van der Waals surface area contributed by atoms with E-state index in [-0.39, 0.29) is 10.5 Å². The fourth-order valence-corrected chi connectivity index (χ4v) is 15.1. The average Bonchev–Trinajstić information content (AvgIpc) is 2.99. The molecule has 0 saturated carbocycles. The standard InChI is InChI=1S/C18H44N6O8S8Si2/c1-19-35-23(37-21(3)13-11-15-41(27-5,28-6)29-7)17(25)33-39-40-34-18(26)24(36-20-2)38-22(4)14-12-16-42(30-8,31-9)32-10/h19-20H,11-16H2,1-10H3. The summed E-state index contributed by atoms with van der Waals surface area (Å²) in [7, 11) is 16.2. The third kappa shape index (κ3) is 17.6. The monoisotopic (exact) mass is 784 g/mol.